The molecule has 0 amide bonds. The molecular weight excluding hydrogens is 329 g/mol. The molecule has 2 rings (SSSR count). The van der Waals surface area contributed by atoms with E-state index in [0.717, 1.165) is 5.70 Å². The third-order valence-electron chi connectivity index (χ3n) is 2.53. The van der Waals surface area contributed by atoms with E-state index < -0.39 is 11.0 Å². The maximum absolute atomic E-state index is 10.6. The van der Waals surface area contributed by atoms with Gasteiger partial charge in [0.25, 0.3) is 5.69 Å². The minimum atomic E-state index is -2.57. The summed E-state index contributed by atoms with van der Waals surface area (Å²) in [5.41, 5.74) is 1.50. The third-order valence-corrected chi connectivity index (χ3v) is 6.06. The highest BCUT2D eigenvalue weighted by Crippen LogP contribution is 2.76. The molecule has 0 spiro atoms. The predicted molar refractivity (Wildman–Crippen MR) is 81.9 cm³/mol. The summed E-state index contributed by atoms with van der Waals surface area (Å²) in [7, 11) is 0. The van der Waals surface area contributed by atoms with E-state index in [2.05, 4.69) is 0 Å². The van der Waals surface area contributed by atoms with Crippen LogP contribution in [-0.4, -0.2) is 4.92 Å². The van der Waals surface area contributed by atoms with Gasteiger partial charge in [-0.05, 0) is 25.1 Å². The zero-order valence-electron chi connectivity index (χ0n) is 9.76. The van der Waals surface area contributed by atoms with Crippen LogP contribution in [0.2, 0.25) is 0 Å². The molecule has 19 heavy (non-hydrogen) atoms. The summed E-state index contributed by atoms with van der Waals surface area (Å²) in [5.74, 6) is 1.60. The largest absolute Gasteiger partial charge is 0.333 e. The van der Waals surface area contributed by atoms with Crippen molar-refractivity contribution in [2.45, 2.75) is 6.92 Å². The van der Waals surface area contributed by atoms with Gasteiger partial charge >= 0.3 is 6.12 Å². The molecule has 1 aliphatic heterocycles. The molecule has 0 radical (unpaired) electrons. The van der Waals surface area contributed by atoms with Crippen LogP contribution in [0.4, 0.5) is 11.4 Å². The first-order valence-corrected chi connectivity index (χ1v) is 9.21. The number of hydrogen-bond donors (Lipinski definition) is 0. The normalized spacial score (nSPS) is 17.8. The monoisotopic (exact) mass is 337 g/mol. The van der Waals surface area contributed by atoms with Crippen molar-refractivity contribution in [3.05, 3.63) is 57.0 Å². The van der Waals surface area contributed by atoms with E-state index in [9.17, 15) is 10.1 Å². The smallest absolute Gasteiger partial charge is 0.258 e. The number of hydrogen-bond acceptors (Lipinski definition) is 3. The first-order valence-electron chi connectivity index (χ1n) is 5.21. The van der Waals surface area contributed by atoms with E-state index in [0.29, 0.717) is 10.7 Å². The number of nitro groups is 1. The Bertz CT molecular complexity index is 584. The molecule has 1 aromatic rings. The quantitative estimate of drug-likeness (QED) is 0.398. The van der Waals surface area contributed by atoms with Crippen molar-refractivity contribution in [1.82, 2.24) is 0 Å². The maximum atomic E-state index is 10.6. The Labute approximate surface area is 125 Å². The number of halogens is 3. The van der Waals surface area contributed by atoms with Gasteiger partial charge in [-0.2, -0.15) is 4.67 Å². The van der Waals surface area contributed by atoms with Crippen LogP contribution in [0, 0.1) is 10.1 Å². The minimum Gasteiger partial charge on any atom is -0.258 e. The van der Waals surface area contributed by atoms with Crippen LogP contribution < -0.4 is 4.67 Å². The fraction of sp³-hybridized carbons (Fsp3) is 0.0909. The van der Waals surface area contributed by atoms with Gasteiger partial charge in [0.15, 0.2) is 0 Å². The van der Waals surface area contributed by atoms with E-state index in [4.69, 9.17) is 34.1 Å². The molecule has 0 saturated heterocycles. The third kappa shape index (κ3) is 3.03. The molecule has 1 aliphatic rings. The number of allylic oxidation sites excluding steroid dienone is 3. The fourth-order valence-electron chi connectivity index (χ4n) is 1.79. The van der Waals surface area contributed by atoms with Crippen LogP contribution in [0.5, 0.6) is 0 Å². The van der Waals surface area contributed by atoms with Gasteiger partial charge in [0.2, 0.25) is 0 Å². The Morgan fingerprint density at radius 2 is 1.84 bits per heavy atom. The Morgan fingerprint density at radius 3 is 2.32 bits per heavy atom. The lowest BCUT2D eigenvalue weighted by molar-refractivity contribution is -0.384. The first kappa shape index (κ1) is 14.6. The Balaban J connectivity index is 2.41. The minimum absolute atomic E-state index is 0.0176. The lowest BCUT2D eigenvalue weighted by Crippen LogP contribution is -2.17. The van der Waals surface area contributed by atoms with Crippen molar-refractivity contribution in [2.24, 2.45) is 0 Å². The number of nitrogens with zero attached hydrogens (tertiary/aromatic N) is 2. The molecule has 1 heterocycles. The van der Waals surface area contributed by atoms with Crippen LogP contribution in [0.3, 0.4) is 0 Å². The van der Waals surface area contributed by atoms with Crippen LogP contribution in [0.15, 0.2) is 46.9 Å². The van der Waals surface area contributed by atoms with Crippen molar-refractivity contribution in [3.8, 4) is 0 Å². The SMILES string of the molecule is CC1=CC(Cl)=C[P+](Cl)(Cl)N1c1ccc([N+](=O)[O-])cc1. The molecule has 0 fully saturated rings. The molecule has 1 aromatic carbocycles. The average Bonchev–Trinajstić information content (AvgIpc) is 2.26. The van der Waals surface area contributed by atoms with E-state index >= 15 is 0 Å². The van der Waals surface area contributed by atoms with Gasteiger partial charge in [-0.15, -0.1) is 0 Å². The van der Waals surface area contributed by atoms with Gasteiger partial charge in [0.05, 0.1) is 21.3 Å². The zero-order valence-corrected chi connectivity index (χ0v) is 12.9. The first-order chi connectivity index (χ1) is 8.81. The maximum Gasteiger partial charge on any atom is 0.333 e. The second-order valence-electron chi connectivity index (χ2n) is 3.91. The lowest BCUT2D eigenvalue weighted by Gasteiger charge is -2.27. The molecule has 0 unspecified atom stereocenters. The molecule has 0 aliphatic carbocycles. The zero-order chi connectivity index (χ0) is 14.2. The molecule has 0 bridgehead atoms. The highest BCUT2D eigenvalue weighted by atomic mass is 35.9. The fourth-order valence-corrected chi connectivity index (χ4v) is 5.95. The number of rotatable bonds is 2. The van der Waals surface area contributed by atoms with Crippen LogP contribution >= 0.6 is 40.2 Å². The summed E-state index contributed by atoms with van der Waals surface area (Å²) in [6.45, 7) is 1.83. The number of benzene rings is 1. The van der Waals surface area contributed by atoms with Crippen LogP contribution in [0.1, 0.15) is 6.92 Å². The van der Waals surface area contributed by atoms with E-state index in [1.165, 1.54) is 12.1 Å². The Hall–Kier alpha value is -0.800. The van der Waals surface area contributed by atoms with Gasteiger partial charge in [-0.1, -0.05) is 11.6 Å². The van der Waals surface area contributed by atoms with Crippen molar-refractivity contribution in [1.29, 1.82) is 0 Å². The molecule has 0 aromatic heterocycles. The molecule has 0 saturated carbocycles. The highest BCUT2D eigenvalue weighted by molar-refractivity contribution is 8.20. The second-order valence-corrected chi connectivity index (χ2v) is 9.67. The Kier molecular flexibility index (Phi) is 4.07. The standard InChI is InChI=1S/C11H9Cl3N2O2P/c1-8-6-9(12)7-19(13,14)15(8)10-2-4-11(5-3-10)16(17)18/h2-7H,1H3/q+1. The number of nitro benzene ring substituents is 1. The number of anilines is 1. The van der Waals surface area contributed by atoms with Gasteiger partial charge in [-0.3, -0.25) is 10.1 Å². The molecule has 8 heteroatoms. The summed E-state index contributed by atoms with van der Waals surface area (Å²) in [5, 5.41) is 11.1. The second kappa shape index (κ2) is 5.29. The van der Waals surface area contributed by atoms with Crippen LogP contribution in [-0.2, 0) is 0 Å². The summed E-state index contributed by atoms with van der Waals surface area (Å²) in [6.07, 6.45) is -0.832. The van der Waals surface area contributed by atoms with Gasteiger partial charge < -0.3 is 0 Å². The predicted octanol–water partition coefficient (Wildman–Crippen LogP) is 5.64. The van der Waals surface area contributed by atoms with Gasteiger partial charge in [-0.25, -0.2) is 0 Å². The summed E-state index contributed by atoms with van der Waals surface area (Å²) in [6, 6.07) is 6.05. The van der Waals surface area contributed by atoms with E-state index in [1.807, 2.05) is 6.92 Å². The molecule has 0 atom stereocenters. The summed E-state index contributed by atoms with van der Waals surface area (Å²) >= 11 is 18.6. The molecule has 100 valence electrons. The molecule has 0 N–H and O–H groups in total. The van der Waals surface area contributed by atoms with E-state index in [-0.39, 0.29) is 5.69 Å². The van der Waals surface area contributed by atoms with Crippen molar-refractivity contribution >= 4 is 51.6 Å². The van der Waals surface area contributed by atoms with Crippen LogP contribution in [0.25, 0.3) is 0 Å². The van der Waals surface area contributed by atoms with Crippen molar-refractivity contribution in [2.75, 3.05) is 4.67 Å². The summed E-state index contributed by atoms with van der Waals surface area (Å²) in [4.78, 5) is 10.2. The van der Waals surface area contributed by atoms with Gasteiger partial charge in [0, 0.05) is 12.1 Å². The molecular formula is C11H9Cl3N2O2P+. The summed E-state index contributed by atoms with van der Waals surface area (Å²) < 4.78 is 1.74. The lowest BCUT2D eigenvalue weighted by atomic mass is 10.2. The van der Waals surface area contributed by atoms with Crippen molar-refractivity contribution < 1.29 is 4.92 Å². The topological polar surface area (TPSA) is 46.4 Å². The average molecular weight is 339 g/mol. The van der Waals surface area contributed by atoms with Gasteiger partial charge in [0.1, 0.15) is 28.3 Å². The van der Waals surface area contributed by atoms with E-state index in [1.54, 1.807) is 28.7 Å². The highest BCUT2D eigenvalue weighted by Gasteiger charge is 2.45. The Morgan fingerprint density at radius 1 is 1.26 bits per heavy atom. The van der Waals surface area contributed by atoms with Crippen molar-refractivity contribution in [3.63, 3.8) is 0 Å². The number of non-ortho nitro benzene ring substituents is 1. The molecule has 4 nitrogen and oxygen atoms in total.